The van der Waals surface area contributed by atoms with Gasteiger partial charge < -0.3 is 34.1 Å². The number of hydroxylamine groups is 2. The normalized spacial score (nSPS) is 19.4. The standard InChI is InChI=1S/C39H43B2F2N3O10/c1-36(2)37(3,4)54-40(53-36)27-11-9-24(18-29(27)42)33(49)44-20-22-15-23(17-26(16-22)35(51)52-46-31(47)13-14-32(46)48)21-45-34(50)25-10-12-28(30(43)19-25)41-55-38(5,6)39(7,8)56-41/h9-12,15-19H,13-14,20-21H2,1-8H3,(H,44,49)(H,45,50). The molecule has 4 amide bonds. The molecule has 0 aromatic heterocycles. The van der Waals surface area contributed by atoms with E-state index in [1.807, 2.05) is 55.4 Å². The Morgan fingerprint density at radius 1 is 0.625 bits per heavy atom. The third-order valence-corrected chi connectivity index (χ3v) is 10.9. The second-order valence-electron chi connectivity index (χ2n) is 16.0. The van der Waals surface area contributed by atoms with Crippen molar-refractivity contribution in [1.82, 2.24) is 15.7 Å². The number of halogens is 2. The Hall–Kier alpha value is -4.96. The smallest absolute Gasteiger partial charge is 0.399 e. The van der Waals surface area contributed by atoms with Gasteiger partial charge in [0.15, 0.2) is 0 Å². The van der Waals surface area contributed by atoms with Crippen molar-refractivity contribution in [1.29, 1.82) is 0 Å². The van der Waals surface area contributed by atoms with E-state index in [4.69, 9.17) is 23.5 Å². The molecule has 0 atom stereocenters. The summed E-state index contributed by atoms with van der Waals surface area (Å²) >= 11 is 0. The van der Waals surface area contributed by atoms with Gasteiger partial charge in [0, 0.05) is 48.0 Å². The van der Waals surface area contributed by atoms with Crippen molar-refractivity contribution in [3.05, 3.63) is 94.0 Å². The van der Waals surface area contributed by atoms with Gasteiger partial charge >= 0.3 is 20.2 Å². The van der Waals surface area contributed by atoms with Crippen LogP contribution in [0.2, 0.25) is 0 Å². The fraction of sp³-hybridized carbons (Fsp3) is 0.410. The second-order valence-corrected chi connectivity index (χ2v) is 16.0. The van der Waals surface area contributed by atoms with E-state index in [1.54, 1.807) is 6.07 Å². The van der Waals surface area contributed by atoms with Crippen molar-refractivity contribution in [2.45, 2.75) is 104 Å². The molecule has 3 aliphatic heterocycles. The molecule has 3 fully saturated rings. The molecule has 0 unspecified atom stereocenters. The summed E-state index contributed by atoms with van der Waals surface area (Å²) in [7, 11) is -1.94. The number of rotatable bonds is 10. The summed E-state index contributed by atoms with van der Waals surface area (Å²) in [5.41, 5.74) is -1.85. The minimum absolute atomic E-state index is 0.00797. The van der Waals surface area contributed by atoms with Crippen LogP contribution in [0.4, 0.5) is 8.78 Å². The van der Waals surface area contributed by atoms with Crippen LogP contribution in [0.25, 0.3) is 0 Å². The number of carbonyl (C=O) groups excluding carboxylic acids is 5. The molecule has 3 aromatic rings. The van der Waals surface area contributed by atoms with E-state index in [1.165, 1.54) is 36.4 Å². The zero-order valence-corrected chi connectivity index (χ0v) is 32.5. The molecule has 0 aliphatic carbocycles. The number of hydrogen-bond donors (Lipinski definition) is 2. The van der Waals surface area contributed by atoms with Gasteiger partial charge in [-0.3, -0.25) is 19.2 Å². The van der Waals surface area contributed by atoms with Crippen LogP contribution in [-0.4, -0.2) is 71.3 Å². The van der Waals surface area contributed by atoms with Crippen LogP contribution in [0.5, 0.6) is 0 Å². The first kappa shape index (κ1) is 40.7. The largest absolute Gasteiger partial charge is 0.497 e. The lowest BCUT2D eigenvalue weighted by molar-refractivity contribution is -0.172. The van der Waals surface area contributed by atoms with Crippen molar-refractivity contribution in [2.75, 3.05) is 0 Å². The molecule has 17 heteroatoms. The summed E-state index contributed by atoms with van der Waals surface area (Å²) < 4.78 is 54.3. The zero-order valence-electron chi connectivity index (χ0n) is 32.5. The Morgan fingerprint density at radius 3 is 1.36 bits per heavy atom. The van der Waals surface area contributed by atoms with E-state index in [9.17, 15) is 24.0 Å². The molecule has 3 aromatic carbocycles. The maximum Gasteiger partial charge on any atom is 0.497 e. The van der Waals surface area contributed by atoms with E-state index in [-0.39, 0.29) is 53.5 Å². The molecule has 0 spiro atoms. The summed E-state index contributed by atoms with van der Waals surface area (Å²) in [6.07, 6.45) is -0.210. The van der Waals surface area contributed by atoms with Gasteiger partial charge in [-0.15, -0.1) is 5.06 Å². The highest BCUT2D eigenvalue weighted by Gasteiger charge is 2.53. The highest BCUT2D eigenvalue weighted by atomic mass is 19.1. The van der Waals surface area contributed by atoms with Crippen molar-refractivity contribution >= 4 is 54.8 Å². The minimum Gasteiger partial charge on any atom is -0.399 e. The van der Waals surface area contributed by atoms with Gasteiger partial charge in [-0.25, -0.2) is 13.6 Å². The van der Waals surface area contributed by atoms with Crippen LogP contribution in [-0.2, 0) is 46.1 Å². The third kappa shape index (κ3) is 8.12. The first-order valence-corrected chi connectivity index (χ1v) is 18.1. The monoisotopic (exact) mass is 773 g/mol. The van der Waals surface area contributed by atoms with Gasteiger partial charge in [0.2, 0.25) is 0 Å². The van der Waals surface area contributed by atoms with Crippen LogP contribution in [0, 0.1) is 11.6 Å². The quantitative estimate of drug-likeness (QED) is 0.230. The lowest BCUT2D eigenvalue weighted by Crippen LogP contribution is -2.41. The molecule has 56 heavy (non-hydrogen) atoms. The summed E-state index contributed by atoms with van der Waals surface area (Å²) in [4.78, 5) is 68.8. The molecule has 2 N–H and O–H groups in total. The molecule has 0 radical (unpaired) electrons. The molecule has 0 saturated carbocycles. The molecule has 3 heterocycles. The van der Waals surface area contributed by atoms with Gasteiger partial charge in [0.05, 0.1) is 28.0 Å². The zero-order chi connectivity index (χ0) is 41.0. The predicted molar refractivity (Wildman–Crippen MR) is 200 cm³/mol. The molecule has 13 nitrogen and oxygen atoms in total. The number of benzene rings is 3. The molecule has 0 bridgehead atoms. The lowest BCUT2D eigenvalue weighted by atomic mass is 9.78. The summed E-state index contributed by atoms with van der Waals surface area (Å²) in [6, 6.07) is 12.2. The van der Waals surface area contributed by atoms with Gasteiger partial charge in [-0.1, -0.05) is 18.2 Å². The van der Waals surface area contributed by atoms with Crippen molar-refractivity contribution in [3.63, 3.8) is 0 Å². The van der Waals surface area contributed by atoms with Gasteiger partial charge in [-0.05, 0) is 103 Å². The Bertz CT molecular complexity index is 1960. The Kier molecular flexibility index (Phi) is 10.8. The number of amides is 4. The molecular formula is C39H43B2F2N3O10. The average Bonchev–Trinajstić information content (AvgIpc) is 3.64. The number of hydrogen-bond acceptors (Lipinski definition) is 10. The van der Waals surface area contributed by atoms with Crippen molar-refractivity contribution < 1.29 is 56.2 Å². The summed E-state index contributed by atoms with van der Waals surface area (Å²) in [5.74, 6) is -5.05. The topological polar surface area (TPSA) is 159 Å². The fourth-order valence-corrected chi connectivity index (χ4v) is 6.11. The van der Waals surface area contributed by atoms with E-state index in [0.717, 1.165) is 12.1 Å². The second kappa shape index (κ2) is 14.8. The van der Waals surface area contributed by atoms with Crippen LogP contribution in [0.15, 0.2) is 54.6 Å². The van der Waals surface area contributed by atoms with Gasteiger partial charge in [0.25, 0.3) is 23.6 Å². The maximum atomic E-state index is 15.3. The van der Waals surface area contributed by atoms with Crippen LogP contribution < -0.4 is 21.6 Å². The Labute approximate surface area is 323 Å². The predicted octanol–water partition coefficient (Wildman–Crippen LogP) is 3.64. The van der Waals surface area contributed by atoms with E-state index in [2.05, 4.69) is 10.6 Å². The fourth-order valence-electron chi connectivity index (χ4n) is 6.11. The summed E-state index contributed by atoms with van der Waals surface area (Å²) in [6.45, 7) is 14.4. The molecule has 3 aliphatic rings. The molecule has 294 valence electrons. The van der Waals surface area contributed by atoms with E-state index >= 15 is 8.78 Å². The van der Waals surface area contributed by atoms with Crippen LogP contribution in [0.1, 0.15) is 110 Å². The molecule has 6 rings (SSSR count). The van der Waals surface area contributed by atoms with E-state index < -0.39 is 77.9 Å². The number of carbonyl (C=O) groups is 5. The number of imide groups is 1. The highest BCUT2D eigenvalue weighted by Crippen LogP contribution is 2.37. The number of nitrogens with zero attached hydrogens (tertiary/aromatic N) is 1. The van der Waals surface area contributed by atoms with Crippen molar-refractivity contribution in [2.24, 2.45) is 0 Å². The summed E-state index contributed by atoms with van der Waals surface area (Å²) in [5, 5.41) is 5.78. The number of nitrogens with one attached hydrogen (secondary N) is 2. The third-order valence-electron chi connectivity index (χ3n) is 10.9. The minimum atomic E-state index is -1.03. The van der Waals surface area contributed by atoms with Gasteiger partial charge in [0.1, 0.15) is 11.6 Å². The first-order valence-electron chi connectivity index (χ1n) is 18.1. The molecule has 3 saturated heterocycles. The Morgan fingerprint density at radius 2 is 1.00 bits per heavy atom. The molecular weight excluding hydrogens is 730 g/mol. The first-order chi connectivity index (χ1) is 26.1. The van der Waals surface area contributed by atoms with Gasteiger partial charge in [-0.2, -0.15) is 0 Å². The lowest BCUT2D eigenvalue weighted by Gasteiger charge is -2.32. The SMILES string of the molecule is CC1(C)OB(c2ccc(C(=O)NCc3cc(CNC(=O)c4ccc(B5OC(C)(C)C(C)(C)O5)c(F)c4)cc(C(=O)ON4C(=O)CCC4=O)c3)cc2F)OC1(C)C. The van der Waals surface area contributed by atoms with E-state index in [0.29, 0.717) is 16.2 Å². The highest BCUT2D eigenvalue weighted by molar-refractivity contribution is 6.62. The Balaban J connectivity index is 1.16. The average molecular weight is 773 g/mol. The van der Waals surface area contributed by atoms with Crippen LogP contribution in [0.3, 0.4) is 0 Å². The van der Waals surface area contributed by atoms with Crippen LogP contribution >= 0.6 is 0 Å². The van der Waals surface area contributed by atoms with Crippen molar-refractivity contribution in [3.8, 4) is 0 Å². The maximum absolute atomic E-state index is 15.3.